The second-order valence-electron chi connectivity index (χ2n) is 11.4. The second kappa shape index (κ2) is 10.1. The molecule has 3 aliphatic rings. The molecule has 1 aromatic heterocycles. The van der Waals surface area contributed by atoms with E-state index in [-0.39, 0.29) is 42.0 Å². The van der Waals surface area contributed by atoms with Crippen molar-refractivity contribution in [3.05, 3.63) is 62.1 Å². The number of aliphatic hydroxyl groups excluding tert-OH is 2. The molecule has 0 aliphatic heterocycles. The molecule has 43 heavy (non-hydrogen) atoms. The van der Waals surface area contributed by atoms with Gasteiger partial charge in [0.15, 0.2) is 11.4 Å². The zero-order chi connectivity index (χ0) is 31.7. The number of nitro groups is 1. The van der Waals surface area contributed by atoms with E-state index in [0.717, 1.165) is 0 Å². The Morgan fingerprint density at radius 1 is 1.21 bits per heavy atom. The summed E-state index contributed by atoms with van der Waals surface area (Å²) in [6.45, 7) is -0.0676. The highest BCUT2D eigenvalue weighted by Crippen LogP contribution is 2.54. The molecule has 0 unspecified atom stereocenters. The predicted octanol–water partition coefficient (Wildman–Crippen LogP) is 1.14. The number of rotatable bonds is 7. The minimum Gasteiger partial charge on any atom is -0.508 e. The van der Waals surface area contributed by atoms with Crippen molar-refractivity contribution >= 4 is 40.5 Å². The van der Waals surface area contributed by atoms with Gasteiger partial charge < -0.3 is 40.8 Å². The zero-order valence-corrected chi connectivity index (χ0v) is 23.7. The van der Waals surface area contributed by atoms with Crippen LogP contribution >= 0.6 is 0 Å². The van der Waals surface area contributed by atoms with Gasteiger partial charge in [0.2, 0.25) is 5.78 Å². The van der Waals surface area contributed by atoms with Gasteiger partial charge in [0.25, 0.3) is 5.91 Å². The number of furan rings is 1. The highest BCUT2D eigenvalue weighted by Gasteiger charge is 2.64. The van der Waals surface area contributed by atoms with E-state index < -0.39 is 74.6 Å². The molecule has 0 spiro atoms. The predicted molar refractivity (Wildman–Crippen MR) is 151 cm³/mol. The molecule has 2 aromatic rings. The third-order valence-corrected chi connectivity index (χ3v) is 8.46. The molecular formula is C28H31N5O10. The average Bonchev–Trinajstić information content (AvgIpc) is 3.39. The topological polar surface area (TPSA) is 233 Å². The summed E-state index contributed by atoms with van der Waals surface area (Å²) in [5.41, 5.74) is 2.55. The standard InChI is InChI=1S/C28H31N5O10/c1-31(2)16-9-15(30-10-12-5-6-17(43-12)33(41)42)22(34)19-13(16)7-11-8-14-21(32(3)4)24(36)20(27(29)39)26(38)28(14,40)25(37)18(11)23(19)35/h5-6,9,11,14,21,30,34-35,38,40H,7-8,10H2,1-4H3,(H2,29,39)/t11-,14-,21-,28-/m1/s1. The summed E-state index contributed by atoms with van der Waals surface area (Å²) in [6, 6.07) is 3.02. The van der Waals surface area contributed by atoms with Gasteiger partial charge >= 0.3 is 5.88 Å². The number of carbonyl (C=O) groups excluding carboxylic acids is 3. The van der Waals surface area contributed by atoms with Gasteiger partial charge in [-0.05, 0) is 50.6 Å². The van der Waals surface area contributed by atoms with E-state index in [1.54, 1.807) is 25.1 Å². The number of nitrogens with zero attached hydrogens (tertiary/aromatic N) is 3. The number of aliphatic hydroxyl groups is 3. The largest absolute Gasteiger partial charge is 0.508 e. The fourth-order valence-corrected chi connectivity index (χ4v) is 6.57. The number of primary amides is 1. The normalized spacial score (nSPS) is 24.9. The number of nitrogens with two attached hydrogens (primary N) is 1. The summed E-state index contributed by atoms with van der Waals surface area (Å²) in [7, 11) is 6.54. The number of anilines is 2. The van der Waals surface area contributed by atoms with Gasteiger partial charge in [-0.2, -0.15) is 0 Å². The minimum absolute atomic E-state index is 0.0311. The molecule has 15 heteroatoms. The van der Waals surface area contributed by atoms with E-state index in [9.17, 15) is 44.9 Å². The Morgan fingerprint density at radius 3 is 2.44 bits per heavy atom. The SMILES string of the molecule is CN(C)c1cc(NCc2ccc([N+](=O)[O-])o2)c(O)c2c1C[C@@H]1C[C@@H]3[C@@H](N(C)C)C(=O)C(C(N)=O)=C(O)[C@]3(O)C(=O)C1=C2O. The molecule has 1 amide bonds. The number of phenols is 1. The minimum atomic E-state index is -2.74. The van der Waals surface area contributed by atoms with E-state index in [0.29, 0.717) is 11.3 Å². The Labute approximate surface area is 244 Å². The molecule has 3 aliphatic carbocycles. The summed E-state index contributed by atoms with van der Waals surface area (Å²) >= 11 is 0. The van der Waals surface area contributed by atoms with Crippen molar-refractivity contribution in [3.63, 3.8) is 0 Å². The van der Waals surface area contributed by atoms with E-state index in [1.807, 2.05) is 0 Å². The molecule has 228 valence electrons. The van der Waals surface area contributed by atoms with Crippen LogP contribution in [-0.2, 0) is 27.3 Å². The first-order valence-electron chi connectivity index (χ1n) is 13.3. The molecule has 15 nitrogen and oxygen atoms in total. The Morgan fingerprint density at radius 2 is 1.88 bits per heavy atom. The van der Waals surface area contributed by atoms with E-state index >= 15 is 0 Å². The summed E-state index contributed by atoms with van der Waals surface area (Å²) in [5.74, 6) is -7.64. The van der Waals surface area contributed by atoms with Gasteiger partial charge in [0.05, 0.1) is 29.9 Å². The molecule has 4 atom stereocenters. The number of carbonyl (C=O) groups is 3. The van der Waals surface area contributed by atoms with Crippen LogP contribution in [0.25, 0.3) is 5.76 Å². The number of likely N-dealkylation sites (N-methyl/N-ethyl adjacent to an activating group) is 1. The van der Waals surface area contributed by atoms with Crippen LogP contribution in [0.2, 0.25) is 0 Å². The molecule has 0 saturated heterocycles. The van der Waals surface area contributed by atoms with Gasteiger partial charge in [0, 0.05) is 31.3 Å². The molecule has 1 heterocycles. The van der Waals surface area contributed by atoms with Crippen molar-refractivity contribution in [2.45, 2.75) is 31.0 Å². The summed E-state index contributed by atoms with van der Waals surface area (Å²) < 4.78 is 5.16. The van der Waals surface area contributed by atoms with Crippen LogP contribution in [-0.4, -0.2) is 87.6 Å². The van der Waals surface area contributed by atoms with Crippen molar-refractivity contribution in [3.8, 4) is 5.75 Å². The molecule has 0 radical (unpaired) electrons. The van der Waals surface area contributed by atoms with Crippen LogP contribution < -0.4 is 16.0 Å². The summed E-state index contributed by atoms with van der Waals surface area (Å²) in [4.78, 5) is 52.9. The van der Waals surface area contributed by atoms with E-state index in [4.69, 9.17) is 10.2 Å². The Bertz CT molecular complexity index is 1650. The van der Waals surface area contributed by atoms with Crippen molar-refractivity contribution < 1.29 is 44.2 Å². The van der Waals surface area contributed by atoms with Crippen LogP contribution in [0.1, 0.15) is 23.3 Å². The van der Waals surface area contributed by atoms with E-state index in [1.165, 1.54) is 31.1 Å². The van der Waals surface area contributed by atoms with Crippen molar-refractivity contribution in [2.75, 3.05) is 38.4 Å². The number of fused-ring (bicyclic) bond motifs is 3. The average molecular weight is 598 g/mol. The maximum atomic E-state index is 14.1. The van der Waals surface area contributed by atoms with Gasteiger partial charge in [0.1, 0.15) is 33.5 Å². The van der Waals surface area contributed by atoms with Crippen molar-refractivity contribution in [1.82, 2.24) is 4.90 Å². The number of phenolic OH excluding ortho intramolecular Hbond substituents is 1. The number of benzene rings is 1. The lowest BCUT2D eigenvalue weighted by molar-refractivity contribution is -0.402. The van der Waals surface area contributed by atoms with Crippen LogP contribution in [0.3, 0.4) is 0 Å². The second-order valence-corrected chi connectivity index (χ2v) is 11.4. The monoisotopic (exact) mass is 597 g/mol. The number of ketones is 2. The number of hydrogen-bond donors (Lipinski definition) is 6. The lowest BCUT2D eigenvalue weighted by atomic mass is 9.57. The fraction of sp³-hybridized carbons (Fsp3) is 0.393. The Kier molecular flexibility index (Phi) is 6.97. The molecule has 7 N–H and O–H groups in total. The van der Waals surface area contributed by atoms with Crippen LogP contribution in [0.4, 0.5) is 17.3 Å². The van der Waals surface area contributed by atoms with Crippen LogP contribution in [0.15, 0.2) is 39.5 Å². The number of amides is 1. The highest BCUT2D eigenvalue weighted by molar-refractivity contribution is 6.24. The molecule has 5 rings (SSSR count). The van der Waals surface area contributed by atoms with E-state index in [2.05, 4.69) is 5.32 Å². The van der Waals surface area contributed by atoms with Gasteiger partial charge in [-0.15, -0.1) is 0 Å². The summed E-state index contributed by atoms with van der Waals surface area (Å²) in [6.07, 6.45) is 0.0942. The molecule has 1 fully saturated rings. The van der Waals surface area contributed by atoms with Crippen LogP contribution in [0.5, 0.6) is 5.75 Å². The smallest absolute Gasteiger partial charge is 0.433 e. The Hall–Kier alpha value is -4.89. The quantitative estimate of drug-likeness (QED) is 0.114. The number of aromatic hydroxyl groups is 1. The lowest BCUT2D eigenvalue weighted by Crippen LogP contribution is -2.65. The van der Waals surface area contributed by atoms with Gasteiger partial charge in [-0.3, -0.25) is 29.4 Å². The number of nitrogens with one attached hydrogen (secondary N) is 1. The molecule has 0 bridgehead atoms. The lowest BCUT2D eigenvalue weighted by Gasteiger charge is -2.50. The Balaban J connectivity index is 1.64. The molecular weight excluding hydrogens is 566 g/mol. The number of Topliss-reactive ketones (excluding diaryl/α,β-unsaturated/α-hetero) is 2. The third kappa shape index (κ3) is 4.30. The van der Waals surface area contributed by atoms with Crippen molar-refractivity contribution in [1.29, 1.82) is 0 Å². The third-order valence-electron chi connectivity index (χ3n) is 8.46. The number of hydrogen-bond acceptors (Lipinski definition) is 13. The van der Waals surface area contributed by atoms with Gasteiger partial charge in [-0.1, -0.05) is 0 Å². The van der Waals surface area contributed by atoms with Crippen LogP contribution in [0, 0.1) is 22.0 Å². The maximum Gasteiger partial charge on any atom is 0.433 e. The first kappa shape index (κ1) is 29.6. The fourth-order valence-electron chi connectivity index (χ4n) is 6.57. The first-order valence-corrected chi connectivity index (χ1v) is 13.3. The van der Waals surface area contributed by atoms with Crippen molar-refractivity contribution in [2.24, 2.45) is 17.6 Å². The summed E-state index contributed by atoms with van der Waals surface area (Å²) in [5, 5.41) is 59.5. The molecule has 1 aromatic carbocycles. The molecule has 1 saturated carbocycles. The highest BCUT2D eigenvalue weighted by atomic mass is 16.6. The zero-order valence-electron chi connectivity index (χ0n) is 23.7. The van der Waals surface area contributed by atoms with Gasteiger partial charge in [-0.25, -0.2) is 0 Å². The first-order chi connectivity index (χ1) is 20.1. The maximum absolute atomic E-state index is 14.1.